The molecule has 1 fully saturated rings. The number of rotatable bonds is 8. The van der Waals surface area contributed by atoms with Gasteiger partial charge in [0.2, 0.25) is 5.95 Å². The maximum atomic E-state index is 12.5. The number of nitrogens with two attached hydrogens (primary N) is 2. The summed E-state index contributed by atoms with van der Waals surface area (Å²) in [5.74, 6) is -0.886. The van der Waals surface area contributed by atoms with Gasteiger partial charge in [0.25, 0.3) is 11.5 Å². The lowest BCUT2D eigenvalue weighted by Crippen LogP contribution is -2.48. The van der Waals surface area contributed by atoms with Crippen molar-refractivity contribution in [3.8, 4) is 0 Å². The Kier molecular flexibility index (Phi) is 6.89. The first kappa shape index (κ1) is 23.7. The SMILES string of the molecule is CC(C)S(=O)(=O)c1cccc(Nc2nc(NCC3(N)CCCCC3)[nH]c(=O)c2C(N)=O)c1. The fourth-order valence-corrected chi connectivity index (χ4v) is 4.83. The van der Waals surface area contributed by atoms with E-state index in [0.29, 0.717) is 12.2 Å². The maximum Gasteiger partial charge on any atom is 0.267 e. The van der Waals surface area contributed by atoms with Crippen LogP contribution in [0.3, 0.4) is 0 Å². The third-order valence-electron chi connectivity index (χ3n) is 5.67. The molecule has 32 heavy (non-hydrogen) atoms. The topological polar surface area (TPSA) is 173 Å². The summed E-state index contributed by atoms with van der Waals surface area (Å²) in [7, 11) is -3.51. The molecule has 0 unspecified atom stereocenters. The Bertz CT molecular complexity index is 1150. The number of H-pyrrole nitrogens is 1. The van der Waals surface area contributed by atoms with Gasteiger partial charge in [-0.2, -0.15) is 4.98 Å². The summed E-state index contributed by atoms with van der Waals surface area (Å²) >= 11 is 0. The number of nitrogens with one attached hydrogen (secondary N) is 3. The first-order valence-corrected chi connectivity index (χ1v) is 12.1. The van der Waals surface area contributed by atoms with Gasteiger partial charge in [-0.25, -0.2) is 8.42 Å². The number of hydrogen-bond acceptors (Lipinski definition) is 8. The van der Waals surface area contributed by atoms with E-state index in [9.17, 15) is 18.0 Å². The number of aromatic nitrogens is 2. The van der Waals surface area contributed by atoms with E-state index >= 15 is 0 Å². The second-order valence-electron chi connectivity index (χ2n) is 8.53. The minimum atomic E-state index is -3.51. The van der Waals surface area contributed by atoms with E-state index in [0.717, 1.165) is 32.1 Å². The van der Waals surface area contributed by atoms with Crippen molar-refractivity contribution in [2.75, 3.05) is 17.2 Å². The highest BCUT2D eigenvalue weighted by Gasteiger charge is 2.28. The molecule has 0 spiro atoms. The molecule has 10 nitrogen and oxygen atoms in total. The number of anilines is 3. The zero-order valence-corrected chi connectivity index (χ0v) is 19.1. The van der Waals surface area contributed by atoms with Gasteiger partial charge in [-0.05, 0) is 44.9 Å². The molecule has 11 heteroatoms. The Balaban J connectivity index is 1.91. The molecule has 0 radical (unpaired) electrons. The van der Waals surface area contributed by atoms with E-state index < -0.39 is 32.1 Å². The fraction of sp³-hybridized carbons (Fsp3) is 0.476. The molecule has 0 bridgehead atoms. The lowest BCUT2D eigenvalue weighted by Gasteiger charge is -2.33. The summed E-state index contributed by atoms with van der Waals surface area (Å²) in [4.78, 5) is 31.4. The van der Waals surface area contributed by atoms with Crippen molar-refractivity contribution in [2.24, 2.45) is 11.5 Å². The highest BCUT2D eigenvalue weighted by atomic mass is 32.2. The second-order valence-corrected chi connectivity index (χ2v) is 11.0. The van der Waals surface area contributed by atoms with Crippen LogP contribution >= 0.6 is 0 Å². The third kappa shape index (κ3) is 5.28. The minimum Gasteiger partial charge on any atom is -0.365 e. The van der Waals surface area contributed by atoms with Crippen LogP contribution in [0.5, 0.6) is 0 Å². The Labute approximate surface area is 187 Å². The van der Waals surface area contributed by atoms with Crippen molar-refractivity contribution < 1.29 is 13.2 Å². The van der Waals surface area contributed by atoms with Gasteiger partial charge in [0.05, 0.1) is 10.1 Å². The Morgan fingerprint density at radius 3 is 2.56 bits per heavy atom. The van der Waals surface area contributed by atoms with Gasteiger partial charge < -0.3 is 22.1 Å². The highest BCUT2D eigenvalue weighted by molar-refractivity contribution is 7.92. The van der Waals surface area contributed by atoms with Crippen molar-refractivity contribution in [2.45, 2.75) is 61.6 Å². The molecular weight excluding hydrogens is 432 g/mol. The number of aromatic amines is 1. The van der Waals surface area contributed by atoms with Crippen LogP contribution in [0.1, 0.15) is 56.3 Å². The van der Waals surface area contributed by atoms with Crippen LogP contribution < -0.4 is 27.7 Å². The van der Waals surface area contributed by atoms with Gasteiger partial charge in [-0.15, -0.1) is 0 Å². The number of nitrogens with zero attached hydrogens (tertiary/aromatic N) is 1. The van der Waals surface area contributed by atoms with Crippen molar-refractivity contribution in [1.82, 2.24) is 9.97 Å². The van der Waals surface area contributed by atoms with E-state index in [1.54, 1.807) is 26.0 Å². The van der Waals surface area contributed by atoms with Crippen molar-refractivity contribution in [3.63, 3.8) is 0 Å². The number of primary amides is 1. The zero-order valence-electron chi connectivity index (χ0n) is 18.3. The second kappa shape index (κ2) is 9.29. The van der Waals surface area contributed by atoms with Gasteiger partial charge in [0, 0.05) is 17.8 Å². The van der Waals surface area contributed by atoms with E-state index in [2.05, 4.69) is 20.6 Å². The van der Waals surface area contributed by atoms with E-state index in [-0.39, 0.29) is 22.2 Å². The summed E-state index contributed by atoms with van der Waals surface area (Å²) < 4.78 is 25.0. The Hall–Kier alpha value is -2.92. The van der Waals surface area contributed by atoms with Gasteiger partial charge in [0.1, 0.15) is 5.56 Å². The molecule has 1 aromatic carbocycles. The third-order valence-corrected chi connectivity index (χ3v) is 7.82. The molecule has 174 valence electrons. The van der Waals surface area contributed by atoms with Crippen molar-refractivity contribution >= 4 is 33.2 Å². The summed E-state index contributed by atoms with van der Waals surface area (Å²) in [6.45, 7) is 3.59. The molecule has 1 aliphatic carbocycles. The van der Waals surface area contributed by atoms with E-state index in [1.165, 1.54) is 12.1 Å². The minimum absolute atomic E-state index is 0.0717. The molecule has 0 atom stereocenters. The Morgan fingerprint density at radius 2 is 1.94 bits per heavy atom. The quantitative estimate of drug-likeness (QED) is 0.395. The smallest absolute Gasteiger partial charge is 0.267 e. The van der Waals surface area contributed by atoms with Gasteiger partial charge >= 0.3 is 0 Å². The predicted molar refractivity (Wildman–Crippen MR) is 124 cm³/mol. The molecule has 1 heterocycles. The van der Waals surface area contributed by atoms with Crippen LogP contribution in [0.15, 0.2) is 34.0 Å². The molecule has 1 saturated carbocycles. The van der Waals surface area contributed by atoms with Crippen LogP contribution in [-0.4, -0.2) is 41.6 Å². The van der Waals surface area contributed by atoms with Gasteiger partial charge in [0.15, 0.2) is 15.7 Å². The monoisotopic (exact) mass is 462 g/mol. The molecule has 1 aliphatic rings. The normalized spacial score (nSPS) is 16.0. The molecular formula is C21H30N6O4S. The summed E-state index contributed by atoms with van der Waals surface area (Å²) in [6.07, 6.45) is 4.98. The first-order valence-electron chi connectivity index (χ1n) is 10.6. The van der Waals surface area contributed by atoms with E-state index in [1.807, 2.05) is 0 Å². The maximum absolute atomic E-state index is 12.5. The van der Waals surface area contributed by atoms with E-state index in [4.69, 9.17) is 11.5 Å². The van der Waals surface area contributed by atoms with Gasteiger partial charge in [-0.1, -0.05) is 25.3 Å². The van der Waals surface area contributed by atoms with Gasteiger partial charge in [-0.3, -0.25) is 14.6 Å². The number of hydrogen-bond donors (Lipinski definition) is 5. The number of carbonyl (C=O) groups excluding carboxylic acids is 1. The summed E-state index contributed by atoms with van der Waals surface area (Å²) in [6, 6.07) is 6.08. The van der Waals surface area contributed by atoms with Crippen LogP contribution in [0.25, 0.3) is 0 Å². The molecule has 7 N–H and O–H groups in total. The lowest BCUT2D eigenvalue weighted by molar-refractivity contribution is 0.0999. The predicted octanol–water partition coefficient (Wildman–Crippen LogP) is 1.87. The lowest BCUT2D eigenvalue weighted by atomic mass is 9.82. The molecule has 1 amide bonds. The Morgan fingerprint density at radius 1 is 1.25 bits per heavy atom. The molecule has 1 aromatic heterocycles. The largest absolute Gasteiger partial charge is 0.365 e. The highest BCUT2D eigenvalue weighted by Crippen LogP contribution is 2.26. The summed E-state index contributed by atoms with van der Waals surface area (Å²) in [5, 5.41) is 5.32. The number of amides is 1. The fourth-order valence-electron chi connectivity index (χ4n) is 3.73. The average molecular weight is 463 g/mol. The zero-order chi connectivity index (χ0) is 23.5. The first-order chi connectivity index (χ1) is 15.0. The van der Waals surface area contributed by atoms with Crippen LogP contribution in [0.2, 0.25) is 0 Å². The van der Waals surface area contributed by atoms with Crippen molar-refractivity contribution in [3.05, 3.63) is 40.2 Å². The van der Waals surface area contributed by atoms with Crippen LogP contribution in [-0.2, 0) is 9.84 Å². The van der Waals surface area contributed by atoms with Crippen molar-refractivity contribution in [1.29, 1.82) is 0 Å². The molecule has 0 aliphatic heterocycles. The number of sulfone groups is 1. The molecule has 2 aromatic rings. The van der Waals surface area contributed by atoms with Crippen LogP contribution in [0.4, 0.5) is 17.5 Å². The standard InChI is InChI=1S/C21H30N6O4S/c1-13(2)32(30,31)15-8-6-7-14(11-15)25-18-16(17(22)28)19(29)27-20(26-18)24-12-21(23)9-4-3-5-10-21/h6-8,11,13H,3-5,9-10,12,23H2,1-2H3,(H2,22,28)(H3,24,25,26,27,29). The van der Waals surface area contributed by atoms with Crippen LogP contribution in [0, 0.1) is 0 Å². The number of benzene rings is 1. The average Bonchev–Trinajstić information content (AvgIpc) is 2.72. The number of carbonyl (C=O) groups is 1. The molecule has 0 saturated heterocycles. The summed E-state index contributed by atoms with van der Waals surface area (Å²) in [5.41, 5.74) is 10.7. The molecule has 3 rings (SSSR count).